The molecule has 25 heavy (non-hydrogen) atoms. The van der Waals surface area contributed by atoms with Gasteiger partial charge in [-0.25, -0.2) is 4.39 Å². The number of carbonyl (C=O) groups excluding carboxylic acids is 2. The van der Waals surface area contributed by atoms with E-state index < -0.39 is 45.9 Å². The summed E-state index contributed by atoms with van der Waals surface area (Å²) >= 11 is 0. The number of benzene rings is 1. The molecule has 130 valence electrons. The third kappa shape index (κ3) is 4.25. The summed E-state index contributed by atoms with van der Waals surface area (Å²) in [6.45, 7) is -0.715. The second-order valence-electron chi connectivity index (χ2n) is 5.03. The maximum atomic E-state index is 13.5. The molecule has 0 bridgehead atoms. The van der Waals surface area contributed by atoms with Crippen LogP contribution >= 0.6 is 0 Å². The van der Waals surface area contributed by atoms with E-state index in [0.29, 0.717) is 4.57 Å². The first kappa shape index (κ1) is 17.8. The number of amides is 2. The van der Waals surface area contributed by atoms with Crippen molar-refractivity contribution in [3.63, 3.8) is 0 Å². The fourth-order valence-electron chi connectivity index (χ4n) is 2.06. The van der Waals surface area contributed by atoms with E-state index in [0.717, 1.165) is 12.3 Å². The molecule has 2 rings (SSSR count). The van der Waals surface area contributed by atoms with Gasteiger partial charge in [0, 0.05) is 18.2 Å². The zero-order valence-corrected chi connectivity index (χ0v) is 12.8. The molecule has 0 fully saturated rings. The Kier molecular flexibility index (Phi) is 5.22. The molecule has 0 saturated heterocycles. The molecule has 9 nitrogen and oxygen atoms in total. The number of pyridine rings is 1. The van der Waals surface area contributed by atoms with Crippen LogP contribution in [0.1, 0.15) is 15.9 Å². The van der Waals surface area contributed by atoms with Crippen molar-refractivity contribution in [3.8, 4) is 0 Å². The summed E-state index contributed by atoms with van der Waals surface area (Å²) in [5, 5.41) is 13.3. The van der Waals surface area contributed by atoms with E-state index >= 15 is 0 Å². The highest BCUT2D eigenvalue weighted by atomic mass is 19.1. The zero-order valence-electron chi connectivity index (χ0n) is 12.8. The molecule has 1 aromatic carbocycles. The van der Waals surface area contributed by atoms with Crippen LogP contribution in [0.15, 0.2) is 41.3 Å². The summed E-state index contributed by atoms with van der Waals surface area (Å²) < 4.78 is 14.2. The van der Waals surface area contributed by atoms with Gasteiger partial charge in [-0.3, -0.25) is 29.1 Å². The number of nitro groups is 1. The molecule has 0 atom stereocenters. The Morgan fingerprint density at radius 3 is 2.60 bits per heavy atom. The van der Waals surface area contributed by atoms with Crippen molar-refractivity contribution in [2.24, 2.45) is 5.73 Å². The van der Waals surface area contributed by atoms with Gasteiger partial charge in [-0.2, -0.15) is 0 Å². The van der Waals surface area contributed by atoms with Gasteiger partial charge in [0.1, 0.15) is 17.9 Å². The maximum Gasteiger partial charge on any atom is 0.286 e. The van der Waals surface area contributed by atoms with Gasteiger partial charge in [0.25, 0.3) is 17.2 Å². The molecular formula is C15H13FN4O5. The van der Waals surface area contributed by atoms with Gasteiger partial charge in [0.05, 0.1) is 11.1 Å². The van der Waals surface area contributed by atoms with Gasteiger partial charge in [-0.05, 0) is 6.07 Å². The van der Waals surface area contributed by atoms with Gasteiger partial charge in [0.15, 0.2) is 0 Å². The van der Waals surface area contributed by atoms with Crippen LogP contribution < -0.4 is 16.6 Å². The monoisotopic (exact) mass is 348 g/mol. The minimum Gasteiger partial charge on any atom is -0.365 e. The fraction of sp³-hybridized carbons (Fsp3) is 0.133. The minimum atomic E-state index is -1.14. The highest BCUT2D eigenvalue weighted by Gasteiger charge is 2.18. The summed E-state index contributed by atoms with van der Waals surface area (Å²) in [5.74, 6) is -2.35. The number of halogens is 1. The number of primary amides is 1. The number of hydrogen-bond acceptors (Lipinski definition) is 5. The summed E-state index contributed by atoms with van der Waals surface area (Å²) in [6, 6.07) is 6.54. The highest BCUT2D eigenvalue weighted by Crippen LogP contribution is 2.10. The van der Waals surface area contributed by atoms with Gasteiger partial charge in [-0.15, -0.1) is 0 Å². The van der Waals surface area contributed by atoms with Crippen LogP contribution in [0, 0.1) is 15.9 Å². The Hall–Kier alpha value is -3.56. The van der Waals surface area contributed by atoms with Crippen molar-refractivity contribution in [3.05, 3.63) is 73.9 Å². The fourth-order valence-corrected chi connectivity index (χ4v) is 2.06. The molecule has 1 heterocycles. The maximum absolute atomic E-state index is 13.5. The number of hydrogen-bond donors (Lipinski definition) is 2. The standard InChI is InChI=1S/C15H13FN4O5/c16-12-4-2-1-3-9(12)6-18-13(21)8-19-7-10(20(24)25)5-11(14(17)22)15(19)23/h1-5,7H,6,8H2,(H2,17,22)(H,18,21). The second-order valence-corrected chi connectivity index (χ2v) is 5.03. The van der Waals surface area contributed by atoms with Gasteiger partial charge < -0.3 is 11.1 Å². The van der Waals surface area contributed by atoms with E-state index in [1.54, 1.807) is 6.07 Å². The normalized spacial score (nSPS) is 10.3. The van der Waals surface area contributed by atoms with E-state index in [9.17, 15) is 28.9 Å². The molecule has 10 heteroatoms. The number of aromatic nitrogens is 1. The minimum absolute atomic E-state index is 0.127. The molecule has 2 aromatic rings. The van der Waals surface area contributed by atoms with Crippen molar-refractivity contribution >= 4 is 17.5 Å². The number of nitrogens with one attached hydrogen (secondary N) is 1. The van der Waals surface area contributed by atoms with Crippen molar-refractivity contribution in [2.75, 3.05) is 0 Å². The smallest absolute Gasteiger partial charge is 0.286 e. The van der Waals surface area contributed by atoms with Crippen LogP contribution in [0.2, 0.25) is 0 Å². The average molecular weight is 348 g/mol. The molecule has 0 spiro atoms. The van der Waals surface area contributed by atoms with Crippen LogP contribution in [0.25, 0.3) is 0 Å². The third-order valence-corrected chi connectivity index (χ3v) is 3.30. The van der Waals surface area contributed by atoms with Gasteiger partial charge in [0.2, 0.25) is 5.91 Å². The lowest BCUT2D eigenvalue weighted by molar-refractivity contribution is -0.385. The Balaban J connectivity index is 2.20. The third-order valence-electron chi connectivity index (χ3n) is 3.30. The second kappa shape index (κ2) is 7.34. The topological polar surface area (TPSA) is 137 Å². The summed E-state index contributed by atoms with van der Waals surface area (Å²) in [7, 11) is 0. The van der Waals surface area contributed by atoms with Crippen molar-refractivity contribution in [2.45, 2.75) is 13.1 Å². The van der Waals surface area contributed by atoms with E-state index in [4.69, 9.17) is 5.73 Å². The molecule has 0 saturated carbocycles. The first-order chi connectivity index (χ1) is 11.8. The van der Waals surface area contributed by atoms with Crippen LogP contribution in [0.3, 0.4) is 0 Å². The molecule has 3 N–H and O–H groups in total. The lowest BCUT2D eigenvalue weighted by atomic mass is 10.2. The Morgan fingerprint density at radius 1 is 1.32 bits per heavy atom. The molecule has 1 aromatic heterocycles. The van der Waals surface area contributed by atoms with Crippen LogP contribution in [-0.2, 0) is 17.9 Å². The quantitative estimate of drug-likeness (QED) is 0.572. The van der Waals surface area contributed by atoms with E-state index in [-0.39, 0.29) is 12.1 Å². The Morgan fingerprint density at radius 2 is 2.00 bits per heavy atom. The van der Waals surface area contributed by atoms with Crippen LogP contribution in [-0.4, -0.2) is 21.3 Å². The largest absolute Gasteiger partial charge is 0.365 e. The zero-order chi connectivity index (χ0) is 18.6. The van der Waals surface area contributed by atoms with E-state index in [1.807, 2.05) is 0 Å². The van der Waals surface area contributed by atoms with E-state index in [1.165, 1.54) is 18.2 Å². The lowest BCUT2D eigenvalue weighted by Gasteiger charge is -2.09. The van der Waals surface area contributed by atoms with Crippen molar-refractivity contribution in [1.29, 1.82) is 0 Å². The molecule has 0 aliphatic heterocycles. The number of carbonyl (C=O) groups is 2. The predicted octanol–water partition coefficient (Wildman–Crippen LogP) is 0.311. The average Bonchev–Trinajstić information content (AvgIpc) is 2.55. The first-order valence-corrected chi connectivity index (χ1v) is 6.98. The van der Waals surface area contributed by atoms with Crippen LogP contribution in [0.5, 0.6) is 0 Å². The van der Waals surface area contributed by atoms with Crippen molar-refractivity contribution < 1.29 is 18.9 Å². The molecule has 0 unspecified atom stereocenters. The summed E-state index contributed by atoms with van der Waals surface area (Å²) in [4.78, 5) is 45.3. The number of rotatable bonds is 6. The Bertz CT molecular complexity index is 909. The van der Waals surface area contributed by atoms with Crippen molar-refractivity contribution in [1.82, 2.24) is 9.88 Å². The highest BCUT2D eigenvalue weighted by molar-refractivity contribution is 5.93. The molecule has 0 radical (unpaired) electrons. The Labute approximate surface area is 140 Å². The molecule has 0 aliphatic rings. The lowest BCUT2D eigenvalue weighted by Crippen LogP contribution is -2.35. The summed E-state index contributed by atoms with van der Waals surface area (Å²) in [5.41, 5.74) is 3.16. The SMILES string of the molecule is NC(=O)c1cc([N+](=O)[O-])cn(CC(=O)NCc2ccccc2F)c1=O. The van der Waals surface area contributed by atoms with Gasteiger partial charge in [-0.1, -0.05) is 18.2 Å². The summed E-state index contributed by atoms with van der Waals surface area (Å²) in [6.07, 6.45) is 0.831. The molecule has 2 amide bonds. The van der Waals surface area contributed by atoms with Crippen LogP contribution in [0.4, 0.5) is 10.1 Å². The number of nitrogens with zero attached hydrogens (tertiary/aromatic N) is 2. The number of nitrogens with two attached hydrogens (primary N) is 1. The van der Waals surface area contributed by atoms with Gasteiger partial charge >= 0.3 is 0 Å². The first-order valence-electron chi connectivity index (χ1n) is 6.98. The molecule has 0 aliphatic carbocycles. The predicted molar refractivity (Wildman–Crippen MR) is 84.1 cm³/mol. The molecular weight excluding hydrogens is 335 g/mol. The van der Waals surface area contributed by atoms with E-state index in [2.05, 4.69) is 5.32 Å².